The summed E-state index contributed by atoms with van der Waals surface area (Å²) in [5.74, 6) is 0.884. The summed E-state index contributed by atoms with van der Waals surface area (Å²) in [6.45, 7) is 0. The van der Waals surface area contributed by atoms with Gasteiger partial charge in [0.25, 0.3) is 0 Å². The summed E-state index contributed by atoms with van der Waals surface area (Å²) in [6, 6.07) is 23.1. The van der Waals surface area contributed by atoms with Crippen LogP contribution in [0.15, 0.2) is 72.1 Å². The maximum atomic E-state index is 5.20. The van der Waals surface area contributed by atoms with Crippen LogP contribution in [0.1, 0.15) is 10.6 Å². The molecule has 0 amide bonds. The predicted molar refractivity (Wildman–Crippen MR) is 101 cm³/mol. The van der Waals surface area contributed by atoms with Crippen molar-refractivity contribution in [3.8, 4) is 17.0 Å². The Labute approximate surface area is 145 Å². The maximum Gasteiger partial charge on any atom is 0.118 e. The van der Waals surface area contributed by atoms with Crippen LogP contribution in [-0.2, 0) is 6.42 Å². The van der Waals surface area contributed by atoms with Crippen molar-refractivity contribution in [2.75, 3.05) is 7.11 Å². The molecule has 2 nitrogen and oxygen atoms in total. The summed E-state index contributed by atoms with van der Waals surface area (Å²) < 4.78 is 5.20. The summed E-state index contributed by atoms with van der Waals surface area (Å²) in [7, 11) is 1.69. The molecule has 0 saturated heterocycles. The van der Waals surface area contributed by atoms with E-state index in [1.54, 1.807) is 18.4 Å². The molecule has 0 aliphatic rings. The van der Waals surface area contributed by atoms with Crippen molar-refractivity contribution in [2.45, 2.75) is 6.42 Å². The van der Waals surface area contributed by atoms with Crippen LogP contribution < -0.4 is 4.74 Å². The SMILES string of the molecule is COc1ccc(Cc2nc(-c3ccc4ccccc4c3)cs2)cc1. The highest BCUT2D eigenvalue weighted by Gasteiger charge is 2.06. The molecule has 0 saturated carbocycles. The Bertz CT molecular complexity index is 972. The minimum absolute atomic E-state index is 0.849. The first-order valence-electron chi connectivity index (χ1n) is 7.88. The highest BCUT2D eigenvalue weighted by atomic mass is 32.1. The summed E-state index contributed by atoms with van der Waals surface area (Å²) in [5, 5.41) is 5.78. The zero-order valence-electron chi connectivity index (χ0n) is 13.4. The van der Waals surface area contributed by atoms with Gasteiger partial charge in [0.15, 0.2) is 0 Å². The zero-order chi connectivity index (χ0) is 16.4. The number of hydrogen-bond acceptors (Lipinski definition) is 3. The van der Waals surface area contributed by atoms with Crippen LogP contribution in [0.5, 0.6) is 5.75 Å². The molecule has 0 bridgehead atoms. The van der Waals surface area contributed by atoms with E-state index in [4.69, 9.17) is 9.72 Å². The number of aromatic nitrogens is 1. The van der Waals surface area contributed by atoms with Crippen LogP contribution in [0.2, 0.25) is 0 Å². The summed E-state index contributed by atoms with van der Waals surface area (Å²) in [6.07, 6.45) is 0.849. The molecule has 118 valence electrons. The van der Waals surface area contributed by atoms with Crippen LogP contribution in [0.3, 0.4) is 0 Å². The fourth-order valence-electron chi connectivity index (χ4n) is 2.79. The first-order chi connectivity index (χ1) is 11.8. The van der Waals surface area contributed by atoms with Gasteiger partial charge < -0.3 is 4.74 Å². The number of rotatable bonds is 4. The van der Waals surface area contributed by atoms with Gasteiger partial charge in [-0.05, 0) is 34.5 Å². The summed E-state index contributed by atoms with van der Waals surface area (Å²) in [4.78, 5) is 4.81. The van der Waals surface area contributed by atoms with E-state index in [2.05, 4.69) is 60.0 Å². The number of fused-ring (bicyclic) bond motifs is 1. The standard InChI is InChI=1S/C21H17NOS/c1-23-19-10-6-15(7-11-19)12-21-22-20(14-24-21)18-9-8-16-4-2-3-5-17(16)13-18/h2-11,13-14H,12H2,1H3. The van der Waals surface area contributed by atoms with Gasteiger partial charge in [-0.1, -0.05) is 48.5 Å². The van der Waals surface area contributed by atoms with E-state index in [-0.39, 0.29) is 0 Å². The number of ether oxygens (including phenoxy) is 1. The molecular formula is C21H17NOS. The van der Waals surface area contributed by atoms with E-state index < -0.39 is 0 Å². The van der Waals surface area contributed by atoms with Gasteiger partial charge in [-0.3, -0.25) is 0 Å². The number of nitrogens with zero attached hydrogens (tertiary/aromatic N) is 1. The van der Waals surface area contributed by atoms with Crippen LogP contribution in [0.25, 0.3) is 22.0 Å². The fraction of sp³-hybridized carbons (Fsp3) is 0.0952. The largest absolute Gasteiger partial charge is 0.497 e. The molecule has 24 heavy (non-hydrogen) atoms. The minimum Gasteiger partial charge on any atom is -0.497 e. The summed E-state index contributed by atoms with van der Waals surface area (Å²) >= 11 is 1.71. The van der Waals surface area contributed by atoms with Crippen molar-refractivity contribution in [3.05, 3.63) is 82.7 Å². The topological polar surface area (TPSA) is 22.1 Å². The van der Waals surface area contributed by atoms with E-state index >= 15 is 0 Å². The lowest BCUT2D eigenvalue weighted by Crippen LogP contribution is -1.89. The third kappa shape index (κ3) is 3.03. The van der Waals surface area contributed by atoms with E-state index in [0.717, 1.165) is 22.9 Å². The Kier molecular flexibility index (Phi) is 4.01. The van der Waals surface area contributed by atoms with Crippen LogP contribution in [-0.4, -0.2) is 12.1 Å². The molecule has 4 aromatic rings. The third-order valence-electron chi connectivity index (χ3n) is 4.11. The highest BCUT2D eigenvalue weighted by Crippen LogP contribution is 2.27. The monoisotopic (exact) mass is 331 g/mol. The van der Waals surface area contributed by atoms with Crippen LogP contribution >= 0.6 is 11.3 Å². The van der Waals surface area contributed by atoms with Gasteiger partial charge in [-0.15, -0.1) is 11.3 Å². The molecule has 0 N–H and O–H groups in total. The lowest BCUT2D eigenvalue weighted by Gasteiger charge is -2.02. The lowest BCUT2D eigenvalue weighted by atomic mass is 10.1. The smallest absolute Gasteiger partial charge is 0.118 e. The first kappa shape index (κ1) is 14.9. The van der Waals surface area contributed by atoms with Crippen molar-refractivity contribution >= 4 is 22.1 Å². The van der Waals surface area contributed by atoms with E-state index in [1.165, 1.54) is 21.9 Å². The molecule has 0 spiro atoms. The molecule has 0 radical (unpaired) electrons. The molecule has 4 rings (SSSR count). The second-order valence-corrected chi connectivity index (χ2v) is 6.66. The average molecular weight is 331 g/mol. The second kappa shape index (κ2) is 6.46. The van der Waals surface area contributed by atoms with Gasteiger partial charge >= 0.3 is 0 Å². The van der Waals surface area contributed by atoms with Crippen molar-refractivity contribution in [3.63, 3.8) is 0 Å². The molecule has 1 heterocycles. The van der Waals surface area contributed by atoms with Crippen molar-refractivity contribution in [2.24, 2.45) is 0 Å². The predicted octanol–water partition coefficient (Wildman–Crippen LogP) is 5.56. The number of hydrogen-bond donors (Lipinski definition) is 0. The highest BCUT2D eigenvalue weighted by molar-refractivity contribution is 7.10. The summed E-state index contributed by atoms with van der Waals surface area (Å²) in [5.41, 5.74) is 3.47. The quantitative estimate of drug-likeness (QED) is 0.488. The molecule has 3 aromatic carbocycles. The van der Waals surface area contributed by atoms with Crippen LogP contribution in [0, 0.1) is 0 Å². The number of thiazole rings is 1. The molecule has 1 aromatic heterocycles. The molecule has 0 unspecified atom stereocenters. The molecule has 0 atom stereocenters. The normalized spacial score (nSPS) is 10.9. The van der Waals surface area contributed by atoms with Crippen molar-refractivity contribution in [1.82, 2.24) is 4.98 Å². The Morgan fingerprint density at radius 3 is 2.50 bits per heavy atom. The van der Waals surface area contributed by atoms with Gasteiger partial charge in [0.05, 0.1) is 17.8 Å². The van der Waals surface area contributed by atoms with E-state index in [0.29, 0.717) is 0 Å². The first-order valence-corrected chi connectivity index (χ1v) is 8.76. The number of benzene rings is 3. The van der Waals surface area contributed by atoms with Crippen LogP contribution in [0.4, 0.5) is 0 Å². The van der Waals surface area contributed by atoms with Gasteiger partial charge in [0, 0.05) is 17.4 Å². The Morgan fingerprint density at radius 1 is 0.917 bits per heavy atom. The lowest BCUT2D eigenvalue weighted by molar-refractivity contribution is 0.414. The Hall–Kier alpha value is -2.65. The third-order valence-corrected chi connectivity index (χ3v) is 4.96. The second-order valence-electron chi connectivity index (χ2n) is 5.71. The Morgan fingerprint density at radius 2 is 1.71 bits per heavy atom. The van der Waals surface area contributed by atoms with Gasteiger partial charge in [0.2, 0.25) is 0 Å². The van der Waals surface area contributed by atoms with E-state index in [1.807, 2.05) is 12.1 Å². The molecular weight excluding hydrogens is 314 g/mol. The van der Waals surface area contributed by atoms with Crippen molar-refractivity contribution in [1.29, 1.82) is 0 Å². The molecule has 0 fully saturated rings. The van der Waals surface area contributed by atoms with Crippen molar-refractivity contribution < 1.29 is 4.74 Å². The minimum atomic E-state index is 0.849. The van der Waals surface area contributed by atoms with Gasteiger partial charge in [-0.25, -0.2) is 4.98 Å². The fourth-order valence-corrected chi connectivity index (χ4v) is 3.63. The Balaban J connectivity index is 1.58. The average Bonchev–Trinajstić information content (AvgIpc) is 3.10. The number of methoxy groups -OCH3 is 1. The molecule has 3 heteroatoms. The maximum absolute atomic E-state index is 5.20. The molecule has 0 aliphatic carbocycles. The van der Waals surface area contributed by atoms with Gasteiger partial charge in [-0.2, -0.15) is 0 Å². The molecule has 0 aliphatic heterocycles. The zero-order valence-corrected chi connectivity index (χ0v) is 14.2. The van der Waals surface area contributed by atoms with E-state index in [9.17, 15) is 0 Å². The van der Waals surface area contributed by atoms with Gasteiger partial charge in [0.1, 0.15) is 5.75 Å².